The zero-order chi connectivity index (χ0) is 19.1. The fraction of sp³-hybridized carbons (Fsp3) is 0.263. The highest BCUT2D eigenvalue weighted by molar-refractivity contribution is 9.10. The van der Waals surface area contributed by atoms with Gasteiger partial charge in [0.2, 0.25) is 0 Å². The van der Waals surface area contributed by atoms with Crippen LogP contribution in [0, 0.1) is 6.92 Å². The van der Waals surface area contributed by atoms with Crippen LogP contribution in [0.3, 0.4) is 0 Å². The molecular formula is C19H21BrN2O4. The molecule has 0 aliphatic rings. The van der Waals surface area contributed by atoms with Gasteiger partial charge < -0.3 is 9.47 Å². The van der Waals surface area contributed by atoms with E-state index in [1.165, 1.54) is 0 Å². The maximum Gasteiger partial charge on any atom is 0.276 e. The summed E-state index contributed by atoms with van der Waals surface area (Å²) in [7, 11) is 0. The van der Waals surface area contributed by atoms with Gasteiger partial charge in [0.05, 0.1) is 6.10 Å². The van der Waals surface area contributed by atoms with E-state index in [-0.39, 0.29) is 12.7 Å². The molecule has 0 saturated carbocycles. The van der Waals surface area contributed by atoms with Crippen molar-refractivity contribution in [3.63, 3.8) is 0 Å². The normalized spacial score (nSPS) is 10.3. The number of carbonyl (C=O) groups excluding carboxylic acids is 2. The summed E-state index contributed by atoms with van der Waals surface area (Å²) in [5, 5.41) is 0. The predicted molar refractivity (Wildman–Crippen MR) is 102 cm³/mol. The van der Waals surface area contributed by atoms with Crippen LogP contribution in [0.5, 0.6) is 11.5 Å². The zero-order valence-electron chi connectivity index (χ0n) is 14.8. The van der Waals surface area contributed by atoms with Crippen LogP contribution in [0.25, 0.3) is 0 Å². The van der Waals surface area contributed by atoms with Crippen LogP contribution in [0.1, 0.15) is 29.8 Å². The maximum atomic E-state index is 12.1. The van der Waals surface area contributed by atoms with Crippen LogP contribution < -0.4 is 20.3 Å². The van der Waals surface area contributed by atoms with E-state index in [4.69, 9.17) is 9.47 Å². The predicted octanol–water partition coefficient (Wildman–Crippen LogP) is 3.38. The molecule has 26 heavy (non-hydrogen) atoms. The van der Waals surface area contributed by atoms with E-state index in [2.05, 4.69) is 26.8 Å². The molecule has 2 amide bonds. The smallest absolute Gasteiger partial charge is 0.276 e. The highest BCUT2D eigenvalue weighted by atomic mass is 79.9. The molecule has 0 heterocycles. The molecule has 6 nitrogen and oxygen atoms in total. The molecule has 0 fully saturated rings. The first-order valence-electron chi connectivity index (χ1n) is 8.10. The minimum atomic E-state index is -0.464. The fourth-order valence-electron chi connectivity index (χ4n) is 2.07. The first kappa shape index (κ1) is 19.8. The summed E-state index contributed by atoms with van der Waals surface area (Å²) >= 11 is 3.40. The highest BCUT2D eigenvalue weighted by Crippen LogP contribution is 2.21. The Morgan fingerprint density at radius 2 is 1.85 bits per heavy atom. The number of nitrogens with one attached hydrogen (secondary N) is 2. The third-order valence-corrected chi connectivity index (χ3v) is 4.17. The van der Waals surface area contributed by atoms with Gasteiger partial charge in [-0.1, -0.05) is 22.0 Å². The molecule has 0 aliphatic heterocycles. The van der Waals surface area contributed by atoms with Crippen LogP contribution in [-0.4, -0.2) is 24.5 Å². The van der Waals surface area contributed by atoms with E-state index >= 15 is 0 Å². The molecular weight excluding hydrogens is 400 g/mol. The van der Waals surface area contributed by atoms with Gasteiger partial charge >= 0.3 is 0 Å². The molecule has 0 saturated heterocycles. The Labute approximate surface area is 161 Å². The molecule has 0 aliphatic carbocycles. The van der Waals surface area contributed by atoms with Crippen LogP contribution in [-0.2, 0) is 4.79 Å². The largest absolute Gasteiger partial charge is 0.491 e. The van der Waals surface area contributed by atoms with Crippen molar-refractivity contribution >= 4 is 27.7 Å². The van der Waals surface area contributed by atoms with Gasteiger partial charge in [0, 0.05) is 10.0 Å². The van der Waals surface area contributed by atoms with Crippen molar-refractivity contribution in [3.8, 4) is 11.5 Å². The Kier molecular flexibility index (Phi) is 7.03. The maximum absolute atomic E-state index is 12.1. The van der Waals surface area contributed by atoms with Crippen LogP contribution in [0.2, 0.25) is 0 Å². The standard InChI is InChI=1S/C19H21BrN2O4/c1-12(2)26-16-6-4-5-14(10-16)19(24)22-21-18(23)11-25-15-7-8-17(20)13(3)9-15/h4-10,12H,11H2,1-3H3,(H,21,23)(H,22,24). The summed E-state index contributed by atoms with van der Waals surface area (Å²) in [6, 6.07) is 12.1. The Morgan fingerprint density at radius 3 is 2.54 bits per heavy atom. The van der Waals surface area contributed by atoms with Gasteiger partial charge in [-0.15, -0.1) is 0 Å². The van der Waals surface area contributed by atoms with Crippen molar-refractivity contribution in [1.82, 2.24) is 10.9 Å². The van der Waals surface area contributed by atoms with Gasteiger partial charge in [-0.05, 0) is 62.7 Å². The fourth-order valence-corrected chi connectivity index (χ4v) is 2.32. The molecule has 2 rings (SSSR count). The third kappa shape index (κ3) is 6.07. The number of hydrogen-bond donors (Lipinski definition) is 2. The molecule has 0 bridgehead atoms. The third-order valence-electron chi connectivity index (χ3n) is 3.28. The Morgan fingerprint density at radius 1 is 1.08 bits per heavy atom. The number of hydrogen-bond acceptors (Lipinski definition) is 4. The summed E-state index contributed by atoms with van der Waals surface area (Å²) in [4.78, 5) is 23.9. The Bertz CT molecular complexity index is 793. The quantitative estimate of drug-likeness (QED) is 0.702. The van der Waals surface area contributed by atoms with Gasteiger partial charge in [-0.25, -0.2) is 0 Å². The van der Waals surface area contributed by atoms with E-state index in [1.807, 2.05) is 32.9 Å². The lowest BCUT2D eigenvalue weighted by atomic mass is 10.2. The molecule has 0 radical (unpaired) electrons. The molecule has 0 atom stereocenters. The molecule has 0 aromatic heterocycles. The van der Waals surface area contributed by atoms with Gasteiger partial charge in [0.15, 0.2) is 6.61 Å². The molecule has 2 aromatic carbocycles. The molecule has 0 unspecified atom stereocenters. The number of rotatable bonds is 6. The number of carbonyl (C=O) groups is 2. The van der Waals surface area contributed by atoms with Crippen molar-refractivity contribution in [2.45, 2.75) is 26.9 Å². The summed E-state index contributed by atoms with van der Waals surface area (Å²) in [5.41, 5.74) is 6.06. The number of hydrazine groups is 1. The molecule has 7 heteroatoms. The van der Waals surface area contributed by atoms with Crippen LogP contribution in [0.15, 0.2) is 46.9 Å². The monoisotopic (exact) mass is 420 g/mol. The first-order chi connectivity index (χ1) is 12.3. The second kappa shape index (κ2) is 9.24. The number of benzene rings is 2. The van der Waals surface area contributed by atoms with Crippen LogP contribution >= 0.6 is 15.9 Å². The lowest BCUT2D eigenvalue weighted by Gasteiger charge is -2.12. The Hall–Kier alpha value is -2.54. The van der Waals surface area contributed by atoms with Crippen molar-refractivity contribution in [2.75, 3.05) is 6.61 Å². The topological polar surface area (TPSA) is 76.7 Å². The van der Waals surface area contributed by atoms with Gasteiger partial charge in [0.25, 0.3) is 11.8 Å². The van der Waals surface area contributed by atoms with Crippen molar-refractivity contribution < 1.29 is 19.1 Å². The van der Waals surface area contributed by atoms with E-state index in [1.54, 1.807) is 30.3 Å². The number of halogens is 1. The van der Waals surface area contributed by atoms with Gasteiger partial charge in [0.1, 0.15) is 11.5 Å². The summed E-state index contributed by atoms with van der Waals surface area (Å²) < 4.78 is 11.9. The average Bonchev–Trinajstić information content (AvgIpc) is 2.60. The molecule has 2 aromatic rings. The summed E-state index contributed by atoms with van der Waals surface area (Å²) in [5.74, 6) is 0.263. The summed E-state index contributed by atoms with van der Waals surface area (Å²) in [6.45, 7) is 5.52. The first-order valence-corrected chi connectivity index (χ1v) is 8.89. The van der Waals surface area contributed by atoms with Gasteiger partial charge in [-0.3, -0.25) is 20.4 Å². The molecule has 0 spiro atoms. The van der Waals surface area contributed by atoms with Crippen LogP contribution in [0.4, 0.5) is 0 Å². The summed E-state index contributed by atoms with van der Waals surface area (Å²) in [6.07, 6.45) is 0.00686. The minimum absolute atomic E-state index is 0.00686. The second-order valence-electron chi connectivity index (χ2n) is 5.90. The highest BCUT2D eigenvalue weighted by Gasteiger charge is 2.10. The minimum Gasteiger partial charge on any atom is -0.491 e. The zero-order valence-corrected chi connectivity index (χ0v) is 16.4. The Balaban J connectivity index is 1.83. The van der Waals surface area contributed by atoms with E-state index in [0.717, 1.165) is 10.0 Å². The SMILES string of the molecule is Cc1cc(OCC(=O)NNC(=O)c2cccc(OC(C)C)c2)ccc1Br. The number of ether oxygens (including phenoxy) is 2. The van der Waals surface area contributed by atoms with E-state index in [9.17, 15) is 9.59 Å². The van der Waals surface area contributed by atoms with Crippen molar-refractivity contribution in [1.29, 1.82) is 0 Å². The van der Waals surface area contributed by atoms with Crippen molar-refractivity contribution in [3.05, 3.63) is 58.1 Å². The number of amides is 2. The number of aryl methyl sites for hydroxylation is 1. The lowest BCUT2D eigenvalue weighted by molar-refractivity contribution is -0.123. The van der Waals surface area contributed by atoms with E-state index in [0.29, 0.717) is 17.1 Å². The van der Waals surface area contributed by atoms with Crippen molar-refractivity contribution in [2.24, 2.45) is 0 Å². The second-order valence-corrected chi connectivity index (χ2v) is 6.75. The average molecular weight is 421 g/mol. The molecule has 138 valence electrons. The van der Waals surface area contributed by atoms with E-state index < -0.39 is 11.8 Å². The lowest BCUT2D eigenvalue weighted by Crippen LogP contribution is -2.43. The van der Waals surface area contributed by atoms with Gasteiger partial charge in [-0.2, -0.15) is 0 Å². The molecule has 2 N–H and O–H groups in total.